The predicted molar refractivity (Wildman–Crippen MR) is 77.0 cm³/mol. The van der Waals surface area contributed by atoms with Gasteiger partial charge in [-0.2, -0.15) is 0 Å². The second-order valence-corrected chi connectivity index (χ2v) is 7.13. The number of aromatic nitrogens is 2. The zero-order valence-electron chi connectivity index (χ0n) is 11.3. The van der Waals surface area contributed by atoms with Crippen LogP contribution in [0.1, 0.15) is 27.7 Å². The summed E-state index contributed by atoms with van der Waals surface area (Å²) < 4.78 is 0. The summed E-state index contributed by atoms with van der Waals surface area (Å²) in [4.78, 5) is 9.69. The lowest BCUT2D eigenvalue weighted by Gasteiger charge is -2.07. The van der Waals surface area contributed by atoms with Crippen LogP contribution in [0.2, 0.25) is 0 Å². The van der Waals surface area contributed by atoms with Crippen LogP contribution < -0.4 is 5.32 Å². The highest BCUT2D eigenvalue weighted by Gasteiger charge is 2.64. The van der Waals surface area contributed by atoms with Gasteiger partial charge in [0.05, 0.1) is 5.39 Å². The van der Waals surface area contributed by atoms with Crippen molar-refractivity contribution in [3.63, 3.8) is 0 Å². The molecule has 96 valence electrons. The Hall–Kier alpha value is -1.16. The molecule has 2 aromatic heterocycles. The first kappa shape index (κ1) is 11.9. The maximum atomic E-state index is 4.36. The third-order valence-electron chi connectivity index (χ3n) is 5.06. The lowest BCUT2D eigenvalue weighted by molar-refractivity contribution is 0.457. The third-order valence-corrected chi connectivity index (χ3v) is 5.88. The number of anilines is 1. The van der Waals surface area contributed by atoms with Crippen molar-refractivity contribution >= 4 is 27.4 Å². The fraction of sp³-hybridized carbons (Fsp3) is 0.571. The Labute approximate surface area is 112 Å². The second kappa shape index (κ2) is 3.67. The number of thiophene rings is 1. The molecule has 0 saturated heterocycles. The molecule has 1 fully saturated rings. The molecule has 3 rings (SSSR count). The minimum Gasteiger partial charge on any atom is -0.369 e. The normalized spacial score (nSPS) is 21.1. The molecular formula is C14H19N3S. The van der Waals surface area contributed by atoms with Gasteiger partial charge in [0.2, 0.25) is 0 Å². The SMILES string of the molecule is CC1(C)C(CNc2ncnc3sccc23)C1(C)C. The van der Waals surface area contributed by atoms with Crippen LogP contribution in [0.5, 0.6) is 0 Å². The summed E-state index contributed by atoms with van der Waals surface area (Å²) in [7, 11) is 0. The first-order chi connectivity index (χ1) is 8.44. The lowest BCUT2D eigenvalue weighted by atomic mass is 10.0. The van der Waals surface area contributed by atoms with Crippen molar-refractivity contribution in [3.05, 3.63) is 17.8 Å². The highest BCUT2D eigenvalue weighted by atomic mass is 32.1. The molecule has 0 spiro atoms. The largest absolute Gasteiger partial charge is 0.369 e. The summed E-state index contributed by atoms with van der Waals surface area (Å²) in [5, 5.41) is 6.71. The maximum absolute atomic E-state index is 4.36. The summed E-state index contributed by atoms with van der Waals surface area (Å²) in [6.07, 6.45) is 1.64. The number of nitrogens with one attached hydrogen (secondary N) is 1. The van der Waals surface area contributed by atoms with Crippen molar-refractivity contribution in [2.24, 2.45) is 16.7 Å². The zero-order chi connectivity index (χ0) is 13.0. The summed E-state index contributed by atoms with van der Waals surface area (Å²) in [5.74, 6) is 1.67. The monoisotopic (exact) mass is 261 g/mol. The van der Waals surface area contributed by atoms with Crippen LogP contribution >= 0.6 is 11.3 Å². The molecule has 0 aliphatic heterocycles. The van der Waals surface area contributed by atoms with E-state index >= 15 is 0 Å². The molecule has 0 bridgehead atoms. The standard InChI is InChI=1S/C14H19N3S/c1-13(2)10(14(13,3)4)7-15-11-9-5-6-18-12(9)17-8-16-11/h5-6,8,10H,7H2,1-4H3,(H,15,16,17). The Balaban J connectivity index is 1.77. The van der Waals surface area contributed by atoms with Crippen LogP contribution in [0.15, 0.2) is 17.8 Å². The van der Waals surface area contributed by atoms with Gasteiger partial charge in [-0.25, -0.2) is 9.97 Å². The van der Waals surface area contributed by atoms with Crippen molar-refractivity contribution in [1.29, 1.82) is 0 Å². The molecule has 1 saturated carbocycles. The number of fused-ring (bicyclic) bond motifs is 1. The molecule has 1 aliphatic carbocycles. The molecular weight excluding hydrogens is 242 g/mol. The van der Waals surface area contributed by atoms with Crippen molar-refractivity contribution in [2.45, 2.75) is 27.7 Å². The van der Waals surface area contributed by atoms with Crippen LogP contribution in [0.3, 0.4) is 0 Å². The number of rotatable bonds is 3. The molecule has 18 heavy (non-hydrogen) atoms. The quantitative estimate of drug-likeness (QED) is 0.913. The minimum atomic E-state index is 0.417. The van der Waals surface area contributed by atoms with Gasteiger partial charge in [0.15, 0.2) is 0 Å². The smallest absolute Gasteiger partial charge is 0.138 e. The predicted octanol–water partition coefficient (Wildman–Crippen LogP) is 3.79. The van der Waals surface area contributed by atoms with E-state index in [1.807, 2.05) is 0 Å². The Kier molecular flexibility index (Phi) is 2.43. The Morgan fingerprint density at radius 3 is 2.61 bits per heavy atom. The van der Waals surface area contributed by atoms with Gasteiger partial charge < -0.3 is 5.32 Å². The van der Waals surface area contributed by atoms with E-state index < -0.39 is 0 Å². The van der Waals surface area contributed by atoms with E-state index in [1.54, 1.807) is 17.7 Å². The molecule has 2 heterocycles. The number of hydrogen-bond acceptors (Lipinski definition) is 4. The second-order valence-electron chi connectivity index (χ2n) is 6.24. The van der Waals surface area contributed by atoms with E-state index in [9.17, 15) is 0 Å². The van der Waals surface area contributed by atoms with Crippen molar-refractivity contribution in [2.75, 3.05) is 11.9 Å². The highest BCUT2D eigenvalue weighted by molar-refractivity contribution is 7.16. The minimum absolute atomic E-state index is 0.417. The van der Waals surface area contributed by atoms with Gasteiger partial charge in [-0.1, -0.05) is 27.7 Å². The van der Waals surface area contributed by atoms with E-state index in [0.717, 1.165) is 22.6 Å². The molecule has 0 unspecified atom stereocenters. The summed E-state index contributed by atoms with van der Waals surface area (Å²) >= 11 is 1.66. The third kappa shape index (κ3) is 1.55. The van der Waals surface area contributed by atoms with Crippen molar-refractivity contribution in [3.8, 4) is 0 Å². The molecule has 0 atom stereocenters. The molecule has 3 nitrogen and oxygen atoms in total. The summed E-state index contributed by atoms with van der Waals surface area (Å²) in [6, 6.07) is 2.09. The Bertz CT molecular complexity index is 571. The van der Waals surface area contributed by atoms with Crippen LogP contribution in [-0.4, -0.2) is 16.5 Å². The van der Waals surface area contributed by atoms with Gasteiger partial charge in [0, 0.05) is 6.54 Å². The average molecular weight is 261 g/mol. The zero-order valence-corrected chi connectivity index (χ0v) is 12.1. The van der Waals surface area contributed by atoms with Crippen molar-refractivity contribution in [1.82, 2.24) is 9.97 Å². The van der Waals surface area contributed by atoms with Gasteiger partial charge >= 0.3 is 0 Å². The van der Waals surface area contributed by atoms with E-state index in [1.165, 1.54) is 0 Å². The summed E-state index contributed by atoms with van der Waals surface area (Å²) in [6.45, 7) is 10.4. The van der Waals surface area contributed by atoms with E-state index in [2.05, 4.69) is 54.4 Å². The Morgan fingerprint density at radius 1 is 1.22 bits per heavy atom. The van der Waals surface area contributed by atoms with Crippen LogP contribution in [0.25, 0.3) is 10.2 Å². The van der Waals surface area contributed by atoms with Crippen molar-refractivity contribution < 1.29 is 0 Å². The molecule has 0 radical (unpaired) electrons. The van der Waals surface area contributed by atoms with Gasteiger partial charge in [-0.05, 0) is 28.2 Å². The van der Waals surface area contributed by atoms with Crippen LogP contribution in [0.4, 0.5) is 5.82 Å². The molecule has 1 N–H and O–H groups in total. The first-order valence-corrected chi connectivity index (χ1v) is 7.24. The van der Waals surface area contributed by atoms with Gasteiger partial charge in [-0.15, -0.1) is 11.3 Å². The maximum Gasteiger partial charge on any atom is 0.138 e. The first-order valence-electron chi connectivity index (χ1n) is 6.36. The van der Waals surface area contributed by atoms with Crippen LogP contribution in [-0.2, 0) is 0 Å². The highest BCUT2D eigenvalue weighted by Crippen LogP contribution is 2.68. The lowest BCUT2D eigenvalue weighted by Crippen LogP contribution is -2.09. The number of nitrogens with zero attached hydrogens (tertiary/aromatic N) is 2. The fourth-order valence-corrected chi connectivity index (χ4v) is 3.71. The van der Waals surface area contributed by atoms with Gasteiger partial charge in [0.1, 0.15) is 17.0 Å². The van der Waals surface area contributed by atoms with E-state index in [-0.39, 0.29) is 0 Å². The fourth-order valence-electron chi connectivity index (χ4n) is 2.97. The number of hydrogen-bond donors (Lipinski definition) is 1. The van der Waals surface area contributed by atoms with E-state index in [4.69, 9.17) is 0 Å². The van der Waals surface area contributed by atoms with Gasteiger partial charge in [0.25, 0.3) is 0 Å². The van der Waals surface area contributed by atoms with Crippen LogP contribution in [0, 0.1) is 16.7 Å². The van der Waals surface area contributed by atoms with E-state index in [0.29, 0.717) is 16.7 Å². The molecule has 1 aliphatic rings. The van der Waals surface area contributed by atoms with Gasteiger partial charge in [-0.3, -0.25) is 0 Å². The Morgan fingerprint density at radius 2 is 1.94 bits per heavy atom. The molecule has 4 heteroatoms. The topological polar surface area (TPSA) is 37.8 Å². The average Bonchev–Trinajstić information content (AvgIpc) is 2.71. The summed E-state index contributed by atoms with van der Waals surface area (Å²) in [5.41, 5.74) is 0.835. The molecule has 0 amide bonds. The molecule has 2 aromatic rings. The molecule has 0 aromatic carbocycles.